The summed E-state index contributed by atoms with van der Waals surface area (Å²) in [5.74, 6) is 0.215. The molecule has 2 aromatic carbocycles. The first-order chi connectivity index (χ1) is 13.7. The molecule has 1 amide bonds. The summed E-state index contributed by atoms with van der Waals surface area (Å²) >= 11 is 0. The molecule has 29 heavy (non-hydrogen) atoms. The second-order valence-electron chi connectivity index (χ2n) is 7.30. The number of alkyl halides is 2. The quantitative estimate of drug-likeness (QED) is 0.744. The third-order valence-electron chi connectivity index (χ3n) is 4.73. The molecule has 0 saturated heterocycles. The number of nitrogens with two attached hydrogens (primary N) is 1. The number of nitrogens with one attached hydrogen (secondary N) is 1. The number of anilines is 1. The number of benzene rings is 2. The number of halogens is 2. The summed E-state index contributed by atoms with van der Waals surface area (Å²) < 4.78 is 29.4. The molecule has 1 aliphatic heterocycles. The summed E-state index contributed by atoms with van der Waals surface area (Å²) in [5, 5.41) is 3.34. The summed E-state index contributed by atoms with van der Waals surface area (Å²) in [6.45, 7) is 2.05. The predicted molar refractivity (Wildman–Crippen MR) is 108 cm³/mol. The smallest absolute Gasteiger partial charge is 0.387 e. The first-order valence-electron chi connectivity index (χ1n) is 9.27. The maximum atomic E-state index is 13.2. The predicted octanol–water partition coefficient (Wildman–Crippen LogP) is 3.39. The minimum atomic E-state index is -2.92. The van der Waals surface area contributed by atoms with E-state index in [1.54, 1.807) is 25.2 Å². The number of likely N-dealkylation sites (N-methyl/N-ethyl adjacent to an activating group) is 1. The molecule has 0 bridgehead atoms. The molecule has 154 valence electrons. The van der Waals surface area contributed by atoms with Crippen molar-refractivity contribution in [2.24, 2.45) is 16.6 Å². The summed E-state index contributed by atoms with van der Waals surface area (Å²) in [6, 6.07) is 13.3. The number of rotatable bonds is 7. The largest absolute Gasteiger partial charge is 0.435 e. The Labute approximate surface area is 168 Å². The van der Waals surface area contributed by atoms with E-state index in [2.05, 4.69) is 28.9 Å². The van der Waals surface area contributed by atoms with E-state index in [9.17, 15) is 13.6 Å². The maximum absolute atomic E-state index is 13.2. The van der Waals surface area contributed by atoms with Crippen molar-refractivity contribution in [3.63, 3.8) is 0 Å². The van der Waals surface area contributed by atoms with Crippen molar-refractivity contribution in [3.8, 4) is 5.75 Å². The van der Waals surface area contributed by atoms with Crippen LogP contribution in [0.4, 0.5) is 14.5 Å². The van der Waals surface area contributed by atoms with Crippen molar-refractivity contribution < 1.29 is 18.3 Å². The number of aliphatic imine (C=N–C) groups is 1. The molecule has 0 aliphatic carbocycles. The van der Waals surface area contributed by atoms with Gasteiger partial charge in [-0.15, -0.1) is 0 Å². The first-order valence-corrected chi connectivity index (χ1v) is 9.27. The molecular weight excluding hydrogens is 378 g/mol. The molecule has 1 aliphatic rings. The van der Waals surface area contributed by atoms with Gasteiger partial charge in [-0.2, -0.15) is 8.78 Å². The van der Waals surface area contributed by atoms with Crippen molar-refractivity contribution in [3.05, 3.63) is 59.7 Å². The Kier molecular flexibility index (Phi) is 5.72. The van der Waals surface area contributed by atoms with Crippen LogP contribution in [0, 0.1) is 5.92 Å². The van der Waals surface area contributed by atoms with E-state index in [4.69, 9.17) is 5.73 Å². The zero-order chi connectivity index (χ0) is 21.2. The van der Waals surface area contributed by atoms with Gasteiger partial charge >= 0.3 is 6.61 Å². The molecular formula is C21H24F2N4O2. The Balaban J connectivity index is 2.07. The van der Waals surface area contributed by atoms with Gasteiger partial charge in [0.1, 0.15) is 5.75 Å². The van der Waals surface area contributed by atoms with Gasteiger partial charge in [-0.3, -0.25) is 9.69 Å². The molecule has 0 saturated carbocycles. The van der Waals surface area contributed by atoms with E-state index in [0.717, 1.165) is 12.2 Å². The number of guanidine groups is 1. The number of hydrogen-bond donors (Lipinski definition) is 2. The normalized spacial score (nSPS) is 19.1. The minimum Gasteiger partial charge on any atom is -0.435 e. The Morgan fingerprint density at radius 3 is 2.41 bits per heavy atom. The van der Waals surface area contributed by atoms with Gasteiger partial charge in [0, 0.05) is 19.3 Å². The van der Waals surface area contributed by atoms with Gasteiger partial charge in [-0.25, -0.2) is 4.99 Å². The zero-order valence-corrected chi connectivity index (χ0v) is 16.5. The lowest BCUT2D eigenvalue weighted by Crippen LogP contribution is -2.41. The molecule has 1 heterocycles. The number of carbonyl (C=O) groups excluding carboxylic acids is 1. The standard InChI is InChI=1S/C21H24F2N4O2/c1-13(2)12-25-16-6-4-5-15(11-16)21(18(28)27(3)20(24)26-21)14-7-9-17(10-8-14)29-19(22)23/h4-11,13,19,25H,12H2,1-3H3,(H2,24,26). The van der Waals surface area contributed by atoms with Gasteiger partial charge in [0.25, 0.3) is 5.91 Å². The second kappa shape index (κ2) is 8.06. The number of ether oxygens (including phenoxy) is 1. The molecule has 6 nitrogen and oxygen atoms in total. The van der Waals surface area contributed by atoms with E-state index in [1.165, 1.54) is 17.0 Å². The summed E-state index contributed by atoms with van der Waals surface area (Å²) in [7, 11) is 1.55. The lowest BCUT2D eigenvalue weighted by molar-refractivity contribution is -0.129. The average Bonchev–Trinajstić information content (AvgIpc) is 2.92. The number of nitrogens with zero attached hydrogens (tertiary/aromatic N) is 2. The van der Waals surface area contributed by atoms with E-state index in [1.807, 2.05) is 18.2 Å². The van der Waals surface area contributed by atoms with Crippen LogP contribution in [0.15, 0.2) is 53.5 Å². The van der Waals surface area contributed by atoms with Crippen LogP contribution < -0.4 is 15.8 Å². The van der Waals surface area contributed by atoms with Crippen molar-refractivity contribution in [2.75, 3.05) is 18.9 Å². The highest BCUT2D eigenvalue weighted by Gasteiger charge is 2.49. The molecule has 8 heteroatoms. The fourth-order valence-electron chi connectivity index (χ4n) is 3.24. The van der Waals surface area contributed by atoms with Crippen molar-refractivity contribution in [1.82, 2.24) is 4.90 Å². The molecule has 0 aromatic heterocycles. The van der Waals surface area contributed by atoms with E-state index in [-0.39, 0.29) is 17.6 Å². The molecule has 2 aromatic rings. The Bertz CT molecular complexity index is 915. The molecule has 3 rings (SSSR count). The minimum absolute atomic E-state index is 0.00185. The molecule has 0 radical (unpaired) electrons. The second-order valence-corrected chi connectivity index (χ2v) is 7.30. The highest BCUT2D eigenvalue weighted by Crippen LogP contribution is 2.40. The van der Waals surface area contributed by atoms with Crippen LogP contribution >= 0.6 is 0 Å². The Hall–Kier alpha value is -3.16. The first kappa shape index (κ1) is 20.6. The van der Waals surface area contributed by atoms with Gasteiger partial charge < -0.3 is 15.8 Å². The van der Waals surface area contributed by atoms with Crippen LogP contribution in [0.2, 0.25) is 0 Å². The Morgan fingerprint density at radius 1 is 1.17 bits per heavy atom. The van der Waals surface area contributed by atoms with Crippen LogP contribution in [0.1, 0.15) is 25.0 Å². The molecule has 1 unspecified atom stereocenters. The molecule has 3 N–H and O–H groups in total. The van der Waals surface area contributed by atoms with Gasteiger partial charge in [-0.1, -0.05) is 38.1 Å². The van der Waals surface area contributed by atoms with Crippen LogP contribution in [0.3, 0.4) is 0 Å². The van der Waals surface area contributed by atoms with Crippen molar-refractivity contribution in [2.45, 2.75) is 26.0 Å². The highest BCUT2D eigenvalue weighted by molar-refractivity contribution is 6.09. The highest BCUT2D eigenvalue weighted by atomic mass is 19.3. The van der Waals surface area contributed by atoms with E-state index >= 15 is 0 Å². The Morgan fingerprint density at radius 2 is 1.86 bits per heavy atom. The molecule has 0 spiro atoms. The third-order valence-corrected chi connectivity index (χ3v) is 4.73. The lowest BCUT2D eigenvalue weighted by atomic mass is 9.82. The van der Waals surface area contributed by atoms with Gasteiger partial charge in [-0.05, 0) is 41.3 Å². The third kappa shape index (κ3) is 4.01. The molecule has 1 atom stereocenters. The van der Waals surface area contributed by atoms with Crippen LogP contribution in [-0.2, 0) is 10.3 Å². The van der Waals surface area contributed by atoms with Gasteiger partial charge in [0.15, 0.2) is 11.5 Å². The number of amides is 1. The van der Waals surface area contributed by atoms with E-state index in [0.29, 0.717) is 17.0 Å². The van der Waals surface area contributed by atoms with Crippen LogP contribution in [0.25, 0.3) is 0 Å². The van der Waals surface area contributed by atoms with Crippen LogP contribution in [0.5, 0.6) is 5.75 Å². The average molecular weight is 402 g/mol. The van der Waals surface area contributed by atoms with Gasteiger partial charge in [0.2, 0.25) is 0 Å². The fourth-order valence-corrected chi connectivity index (χ4v) is 3.24. The SMILES string of the molecule is CC(C)CNc1cccc(C2(c3ccc(OC(F)F)cc3)N=C(N)N(C)C2=O)c1. The van der Waals surface area contributed by atoms with E-state index < -0.39 is 12.2 Å². The van der Waals surface area contributed by atoms with Crippen molar-refractivity contribution >= 4 is 17.6 Å². The summed E-state index contributed by atoms with van der Waals surface area (Å²) in [5.41, 5.74) is 6.57. The topological polar surface area (TPSA) is 80.0 Å². The maximum Gasteiger partial charge on any atom is 0.387 e. The summed E-state index contributed by atoms with van der Waals surface area (Å²) in [6.07, 6.45) is 0. The number of hydrogen-bond acceptors (Lipinski definition) is 5. The van der Waals surface area contributed by atoms with Gasteiger partial charge in [0.05, 0.1) is 0 Å². The lowest BCUT2D eigenvalue weighted by Gasteiger charge is -2.27. The molecule has 0 fully saturated rings. The fraction of sp³-hybridized carbons (Fsp3) is 0.333. The summed E-state index contributed by atoms with van der Waals surface area (Å²) in [4.78, 5) is 19.0. The number of carbonyl (C=O) groups is 1. The van der Waals surface area contributed by atoms with Crippen molar-refractivity contribution in [1.29, 1.82) is 0 Å². The van der Waals surface area contributed by atoms with Crippen LogP contribution in [-0.4, -0.2) is 37.0 Å². The zero-order valence-electron chi connectivity index (χ0n) is 16.5. The monoisotopic (exact) mass is 402 g/mol.